The van der Waals surface area contributed by atoms with Gasteiger partial charge in [0.25, 0.3) is 0 Å². The van der Waals surface area contributed by atoms with Crippen molar-refractivity contribution in [2.24, 2.45) is 0 Å². The lowest BCUT2D eigenvalue weighted by atomic mass is 10.2. The lowest BCUT2D eigenvalue weighted by molar-refractivity contribution is 0.582. The molecule has 6 nitrogen and oxygen atoms in total. The van der Waals surface area contributed by atoms with Crippen LogP contribution in [0.4, 0.5) is 5.82 Å². The molecule has 0 saturated carbocycles. The van der Waals surface area contributed by atoms with Crippen molar-refractivity contribution >= 4 is 15.8 Å². The Bertz CT molecular complexity index is 607. The number of rotatable bonds is 5. The number of nitrogens with zero attached hydrogens (tertiary/aromatic N) is 1. The van der Waals surface area contributed by atoms with Crippen LogP contribution in [0.3, 0.4) is 0 Å². The molecule has 0 bridgehead atoms. The number of benzene rings is 1. The number of anilines is 1. The van der Waals surface area contributed by atoms with Crippen molar-refractivity contribution in [1.29, 1.82) is 0 Å². The van der Waals surface area contributed by atoms with E-state index in [-0.39, 0.29) is 10.7 Å². The van der Waals surface area contributed by atoms with E-state index in [1.54, 1.807) is 0 Å². The Kier molecular flexibility index (Phi) is 3.63. The predicted octanol–water partition coefficient (Wildman–Crippen LogP) is 0.513. The number of nitrogen functional groups attached to an aromatic ring is 1. The van der Waals surface area contributed by atoms with Gasteiger partial charge in [-0.3, -0.25) is 5.10 Å². The van der Waals surface area contributed by atoms with Crippen LogP contribution in [0.25, 0.3) is 0 Å². The first-order valence-corrected chi connectivity index (χ1v) is 6.90. The van der Waals surface area contributed by atoms with E-state index >= 15 is 0 Å². The number of aromatic nitrogens is 2. The third kappa shape index (κ3) is 2.88. The van der Waals surface area contributed by atoms with Crippen LogP contribution in [0.15, 0.2) is 41.4 Å². The number of H-pyrrole nitrogens is 1. The van der Waals surface area contributed by atoms with Crippen molar-refractivity contribution in [3.63, 3.8) is 0 Å². The molecule has 0 aliphatic rings. The second-order valence-electron chi connectivity index (χ2n) is 3.78. The Balaban J connectivity index is 1.97. The molecule has 0 fully saturated rings. The Hall–Kier alpha value is -1.86. The molecule has 4 N–H and O–H groups in total. The molecule has 0 saturated heterocycles. The minimum Gasteiger partial charge on any atom is -0.383 e. The molecule has 0 aliphatic heterocycles. The van der Waals surface area contributed by atoms with Gasteiger partial charge in [0.15, 0.2) is 0 Å². The maximum Gasteiger partial charge on any atom is 0.245 e. The number of nitrogens with one attached hydrogen (secondary N) is 2. The highest BCUT2D eigenvalue weighted by molar-refractivity contribution is 7.89. The second kappa shape index (κ2) is 5.19. The smallest absolute Gasteiger partial charge is 0.245 e. The quantitative estimate of drug-likeness (QED) is 0.734. The van der Waals surface area contributed by atoms with Crippen LogP contribution in [0.5, 0.6) is 0 Å². The molecule has 0 unspecified atom stereocenters. The summed E-state index contributed by atoms with van der Waals surface area (Å²) in [5, 5.41) is 5.98. The van der Waals surface area contributed by atoms with Crippen molar-refractivity contribution in [2.45, 2.75) is 11.3 Å². The molecule has 18 heavy (non-hydrogen) atoms. The van der Waals surface area contributed by atoms with Gasteiger partial charge in [0.1, 0.15) is 10.7 Å². The number of aromatic amines is 1. The van der Waals surface area contributed by atoms with E-state index in [2.05, 4.69) is 14.9 Å². The van der Waals surface area contributed by atoms with E-state index in [1.165, 1.54) is 6.20 Å². The maximum absolute atomic E-state index is 11.9. The normalized spacial score (nSPS) is 11.6. The van der Waals surface area contributed by atoms with Gasteiger partial charge in [0.2, 0.25) is 10.0 Å². The number of nitrogens with two attached hydrogens (primary N) is 1. The second-order valence-corrected chi connectivity index (χ2v) is 5.52. The molecule has 2 rings (SSSR count). The molecular formula is C11H14N4O2S. The Labute approximate surface area is 105 Å². The summed E-state index contributed by atoms with van der Waals surface area (Å²) in [5.41, 5.74) is 6.54. The van der Waals surface area contributed by atoms with E-state index in [9.17, 15) is 8.42 Å². The predicted molar refractivity (Wildman–Crippen MR) is 68.3 cm³/mol. The topological polar surface area (TPSA) is 101 Å². The summed E-state index contributed by atoms with van der Waals surface area (Å²) < 4.78 is 26.2. The molecule has 0 atom stereocenters. The van der Waals surface area contributed by atoms with E-state index < -0.39 is 10.0 Å². The van der Waals surface area contributed by atoms with Crippen molar-refractivity contribution in [1.82, 2.24) is 14.9 Å². The highest BCUT2D eigenvalue weighted by Crippen LogP contribution is 2.13. The molecule has 1 heterocycles. The Morgan fingerprint density at radius 2 is 2.00 bits per heavy atom. The molecular weight excluding hydrogens is 252 g/mol. The summed E-state index contributed by atoms with van der Waals surface area (Å²) in [4.78, 5) is -0.0180. The first-order valence-electron chi connectivity index (χ1n) is 5.42. The zero-order chi connectivity index (χ0) is 13.0. The zero-order valence-corrected chi connectivity index (χ0v) is 10.4. The van der Waals surface area contributed by atoms with Gasteiger partial charge in [-0.1, -0.05) is 30.3 Å². The fraction of sp³-hybridized carbons (Fsp3) is 0.182. The van der Waals surface area contributed by atoms with Crippen LogP contribution in [0.1, 0.15) is 5.56 Å². The molecule has 96 valence electrons. The van der Waals surface area contributed by atoms with Crippen molar-refractivity contribution < 1.29 is 8.42 Å². The van der Waals surface area contributed by atoms with Gasteiger partial charge >= 0.3 is 0 Å². The molecule has 1 aromatic carbocycles. The van der Waals surface area contributed by atoms with Crippen LogP contribution in [0.2, 0.25) is 0 Å². The monoisotopic (exact) mass is 266 g/mol. The zero-order valence-electron chi connectivity index (χ0n) is 9.63. The summed E-state index contributed by atoms with van der Waals surface area (Å²) in [6.45, 7) is 0.316. The van der Waals surface area contributed by atoms with E-state index in [0.717, 1.165) is 5.56 Å². The lowest BCUT2D eigenvalue weighted by Gasteiger charge is -2.05. The fourth-order valence-electron chi connectivity index (χ4n) is 1.55. The highest BCUT2D eigenvalue weighted by atomic mass is 32.2. The van der Waals surface area contributed by atoms with Crippen molar-refractivity contribution in [3.8, 4) is 0 Å². The largest absolute Gasteiger partial charge is 0.383 e. The summed E-state index contributed by atoms with van der Waals surface area (Å²) in [7, 11) is -3.59. The van der Waals surface area contributed by atoms with Gasteiger partial charge in [0.05, 0.1) is 6.20 Å². The summed E-state index contributed by atoms with van der Waals surface area (Å²) in [6, 6.07) is 9.64. The molecule has 0 radical (unpaired) electrons. The Morgan fingerprint density at radius 3 is 2.61 bits per heavy atom. The van der Waals surface area contributed by atoms with Gasteiger partial charge in [-0.15, -0.1) is 0 Å². The van der Waals surface area contributed by atoms with Crippen LogP contribution >= 0.6 is 0 Å². The number of sulfonamides is 1. The van der Waals surface area contributed by atoms with Crippen molar-refractivity contribution in [3.05, 3.63) is 42.1 Å². The number of hydrogen-bond donors (Lipinski definition) is 3. The van der Waals surface area contributed by atoms with Gasteiger partial charge in [-0.2, -0.15) is 5.10 Å². The van der Waals surface area contributed by atoms with E-state index in [0.29, 0.717) is 13.0 Å². The third-order valence-corrected chi connectivity index (χ3v) is 3.96. The van der Waals surface area contributed by atoms with Crippen LogP contribution in [0, 0.1) is 0 Å². The molecule has 0 spiro atoms. The standard InChI is InChI=1S/C11H14N4O2S/c12-11-10(8-13-15-11)18(16,17)14-7-6-9-4-2-1-3-5-9/h1-5,8,14H,6-7H2,(H3,12,13,15). The third-order valence-electron chi connectivity index (χ3n) is 2.47. The number of hydrogen-bond acceptors (Lipinski definition) is 4. The fourth-order valence-corrected chi connectivity index (χ4v) is 2.60. The molecule has 0 aliphatic carbocycles. The molecule has 0 amide bonds. The molecule has 2 aromatic rings. The molecule has 7 heteroatoms. The average molecular weight is 266 g/mol. The first kappa shape index (κ1) is 12.6. The van der Waals surface area contributed by atoms with Crippen LogP contribution in [-0.2, 0) is 16.4 Å². The summed E-state index contributed by atoms with van der Waals surface area (Å²) in [5.74, 6) is 0.0437. The average Bonchev–Trinajstić information content (AvgIpc) is 2.77. The minimum absolute atomic E-state index is 0.0180. The van der Waals surface area contributed by atoms with E-state index in [4.69, 9.17) is 5.73 Å². The van der Waals surface area contributed by atoms with Crippen LogP contribution < -0.4 is 10.5 Å². The first-order chi connectivity index (χ1) is 8.59. The van der Waals surface area contributed by atoms with E-state index in [1.807, 2.05) is 30.3 Å². The minimum atomic E-state index is -3.59. The maximum atomic E-state index is 11.9. The van der Waals surface area contributed by atoms with Gasteiger partial charge in [-0.25, -0.2) is 13.1 Å². The van der Waals surface area contributed by atoms with Gasteiger partial charge in [-0.05, 0) is 12.0 Å². The van der Waals surface area contributed by atoms with Crippen LogP contribution in [-0.4, -0.2) is 25.2 Å². The highest BCUT2D eigenvalue weighted by Gasteiger charge is 2.18. The SMILES string of the molecule is Nc1[nH]ncc1S(=O)(=O)NCCc1ccccc1. The summed E-state index contributed by atoms with van der Waals surface area (Å²) in [6.07, 6.45) is 1.82. The van der Waals surface area contributed by atoms with Gasteiger partial charge < -0.3 is 5.73 Å². The van der Waals surface area contributed by atoms with Gasteiger partial charge in [0, 0.05) is 6.54 Å². The van der Waals surface area contributed by atoms with Crippen molar-refractivity contribution in [2.75, 3.05) is 12.3 Å². The Morgan fingerprint density at radius 1 is 1.28 bits per heavy atom. The summed E-state index contributed by atoms with van der Waals surface area (Å²) >= 11 is 0. The molecule has 1 aromatic heterocycles. The lowest BCUT2D eigenvalue weighted by Crippen LogP contribution is -2.26.